The minimum Gasteiger partial charge on any atom is -0.380 e. The van der Waals surface area contributed by atoms with Crippen LogP contribution < -0.4 is 21.5 Å². The average molecular weight is 853 g/mol. The van der Waals surface area contributed by atoms with Gasteiger partial charge < -0.3 is 20.1 Å². The van der Waals surface area contributed by atoms with E-state index in [9.17, 15) is 10.1 Å². The standard InChI is InChI=1S/C47H77FN8O3S/c1-27-29(3)60-46-42(27)43(51-28(2)44-54-53-30(4)56(44)46)32-7-14-38(39(48)22-32)31-16-18-47(19-17-31)20-21-55(26-47)35-10-15-40(50-25-35)45(57)52-34-8-12-36(13-9-34)59-37-11-6-33(24-49)41(23-37)58-5/h27-42,44,46,50,53-54H,6-23,25-26H2,1-5H3,(H,52,57)/t27?,28-,29?,30?,31?,32?,33?,34?,35?,36?,37?,38?,39?,40?,41?,42?,44?,46?,47?/m0/s1. The molecule has 0 aromatic rings. The minimum absolute atomic E-state index is 0.0279. The van der Waals surface area contributed by atoms with Gasteiger partial charge in [-0.3, -0.25) is 19.6 Å². The number of carbonyl (C=O) groups is 1. The molecule has 4 saturated heterocycles. The Morgan fingerprint density at radius 3 is 2.45 bits per heavy atom. The summed E-state index contributed by atoms with van der Waals surface area (Å²) in [7, 11) is 1.70. The van der Waals surface area contributed by atoms with Crippen LogP contribution in [0.15, 0.2) is 4.99 Å². The number of fused-ring (bicyclic) bond motifs is 3. The lowest BCUT2D eigenvalue weighted by Gasteiger charge is -2.44. The first-order chi connectivity index (χ1) is 29.0. The van der Waals surface area contributed by atoms with Crippen LogP contribution in [0.2, 0.25) is 0 Å². The number of alkyl halides is 1. The maximum atomic E-state index is 16.5. The number of halogens is 1. The molecule has 5 aliphatic heterocycles. The highest BCUT2D eigenvalue weighted by molar-refractivity contribution is 8.00. The third-order valence-corrected chi connectivity index (χ3v) is 19.5. The van der Waals surface area contributed by atoms with E-state index in [-0.39, 0.29) is 72.4 Å². The lowest BCUT2D eigenvalue weighted by Crippen LogP contribution is -2.56. The maximum absolute atomic E-state index is 16.5. The first kappa shape index (κ1) is 43.9. The first-order valence-corrected chi connectivity index (χ1v) is 25.5. The summed E-state index contributed by atoms with van der Waals surface area (Å²) in [5.41, 5.74) is 8.75. The number of piperidine rings is 1. The molecule has 9 aliphatic rings. The molecule has 60 heavy (non-hydrogen) atoms. The molecule has 1 spiro atoms. The molecule has 0 radical (unpaired) electrons. The van der Waals surface area contributed by atoms with Gasteiger partial charge in [-0.15, -0.1) is 11.8 Å². The molecule has 336 valence electrons. The summed E-state index contributed by atoms with van der Waals surface area (Å²) in [6.07, 6.45) is 17.4. The highest BCUT2D eigenvalue weighted by Gasteiger charge is 2.54. The minimum atomic E-state index is -0.721. The number of likely N-dealkylation sites (tertiary alicyclic amines) is 1. The molecule has 14 unspecified atom stereocenters. The number of nitriles is 1. The Morgan fingerprint density at radius 1 is 0.950 bits per heavy atom. The van der Waals surface area contributed by atoms with Crippen LogP contribution in [0.25, 0.3) is 0 Å². The normalized spacial score (nSPS) is 49.1. The number of hydrogen-bond donors (Lipinski definition) is 4. The summed E-state index contributed by atoms with van der Waals surface area (Å²) in [5.74, 6) is 2.07. The van der Waals surface area contributed by atoms with Gasteiger partial charge in [-0.2, -0.15) is 5.26 Å². The summed E-state index contributed by atoms with van der Waals surface area (Å²) in [5, 5.41) is 17.4. The Kier molecular flexibility index (Phi) is 13.6. The quantitative estimate of drug-likeness (QED) is 0.214. The van der Waals surface area contributed by atoms with Gasteiger partial charge >= 0.3 is 0 Å². The average Bonchev–Trinajstić information content (AvgIpc) is 3.92. The van der Waals surface area contributed by atoms with Gasteiger partial charge in [-0.1, -0.05) is 13.8 Å². The maximum Gasteiger partial charge on any atom is 0.237 e. The molecule has 5 heterocycles. The van der Waals surface area contributed by atoms with E-state index in [4.69, 9.17) is 14.5 Å². The van der Waals surface area contributed by atoms with Crippen molar-refractivity contribution in [1.29, 1.82) is 5.26 Å². The van der Waals surface area contributed by atoms with Crippen LogP contribution in [-0.2, 0) is 14.3 Å². The van der Waals surface area contributed by atoms with Gasteiger partial charge in [-0.05, 0) is 152 Å². The number of ether oxygens (including phenoxy) is 2. The fourth-order valence-electron chi connectivity index (χ4n) is 14.0. The fourth-order valence-corrected chi connectivity index (χ4v) is 15.9. The van der Waals surface area contributed by atoms with Gasteiger partial charge in [0.2, 0.25) is 5.91 Å². The summed E-state index contributed by atoms with van der Waals surface area (Å²) in [6, 6.07) is 3.15. The number of methoxy groups -OCH3 is 1. The SMILES string of the molecule is COC1CC(OC2CCC(NC(=O)C3CCC(N4CCC5(CCC(C6CCC(C7=N[C@@H](C)C8NNC(C)N8C8SC(C)C(C)C78)CC6F)CC5)C4)CN3)CC2)CCC1C#N. The van der Waals surface area contributed by atoms with Gasteiger partial charge in [-0.25, -0.2) is 15.2 Å². The second-order valence-corrected chi connectivity index (χ2v) is 22.8. The number of thioether (sulfide) groups is 1. The van der Waals surface area contributed by atoms with E-state index in [2.05, 4.69) is 76.8 Å². The van der Waals surface area contributed by atoms with E-state index >= 15 is 4.39 Å². The second kappa shape index (κ2) is 18.6. The third kappa shape index (κ3) is 8.86. The van der Waals surface area contributed by atoms with Crippen LogP contribution in [0.1, 0.15) is 137 Å². The van der Waals surface area contributed by atoms with Crippen molar-refractivity contribution in [2.75, 3.05) is 26.7 Å². The molecule has 0 aromatic heterocycles. The van der Waals surface area contributed by atoms with Crippen LogP contribution in [-0.4, -0.2) is 120 Å². The molecule has 4 aliphatic carbocycles. The highest BCUT2D eigenvalue weighted by Crippen LogP contribution is 2.53. The number of hydrazine groups is 1. The zero-order chi connectivity index (χ0) is 41.7. The Morgan fingerprint density at radius 2 is 1.73 bits per heavy atom. The van der Waals surface area contributed by atoms with Crippen molar-refractivity contribution in [2.45, 2.75) is 208 Å². The molecular formula is C47H77FN8O3S. The van der Waals surface area contributed by atoms with Gasteiger partial charge in [0.15, 0.2) is 0 Å². The van der Waals surface area contributed by atoms with Crippen molar-refractivity contribution >= 4 is 23.4 Å². The Bertz CT molecular complexity index is 1560. The van der Waals surface area contributed by atoms with Crippen LogP contribution in [0.5, 0.6) is 0 Å². The Hall–Kier alpha value is -1.37. The molecule has 15 atom stereocenters. The largest absolute Gasteiger partial charge is 0.380 e. The van der Waals surface area contributed by atoms with Gasteiger partial charge in [0, 0.05) is 55.6 Å². The molecule has 0 bridgehead atoms. The fraction of sp³-hybridized carbons (Fsp3) is 0.936. The van der Waals surface area contributed by atoms with Crippen molar-refractivity contribution in [2.24, 2.45) is 45.9 Å². The van der Waals surface area contributed by atoms with Crippen LogP contribution in [0.3, 0.4) is 0 Å². The molecule has 1 amide bonds. The molecule has 11 nitrogen and oxygen atoms in total. The van der Waals surface area contributed by atoms with E-state index in [1.165, 1.54) is 44.4 Å². The monoisotopic (exact) mass is 853 g/mol. The van der Waals surface area contributed by atoms with Crippen LogP contribution in [0.4, 0.5) is 4.39 Å². The summed E-state index contributed by atoms with van der Waals surface area (Å²) in [6.45, 7) is 12.5. The molecule has 0 aromatic carbocycles. The van der Waals surface area contributed by atoms with E-state index in [1.54, 1.807) is 7.11 Å². The molecule has 4 N–H and O–H groups in total. The summed E-state index contributed by atoms with van der Waals surface area (Å²) >= 11 is 2.11. The van der Waals surface area contributed by atoms with E-state index < -0.39 is 6.17 Å². The van der Waals surface area contributed by atoms with Gasteiger partial charge in [0.25, 0.3) is 0 Å². The number of amides is 1. The molecule has 13 heteroatoms. The van der Waals surface area contributed by atoms with Crippen molar-refractivity contribution in [3.05, 3.63) is 0 Å². The summed E-state index contributed by atoms with van der Waals surface area (Å²) in [4.78, 5) is 24.2. The number of rotatable bonds is 8. The van der Waals surface area contributed by atoms with Crippen LogP contribution >= 0.6 is 11.8 Å². The van der Waals surface area contributed by atoms with E-state index in [0.29, 0.717) is 46.3 Å². The number of nitrogens with one attached hydrogen (secondary N) is 4. The zero-order valence-corrected chi connectivity index (χ0v) is 38.2. The van der Waals surface area contributed by atoms with Gasteiger partial charge in [0.1, 0.15) is 6.17 Å². The number of carbonyl (C=O) groups excluding carboxylic acids is 1. The molecule has 4 saturated carbocycles. The molecule has 9 rings (SSSR count). The Balaban J connectivity index is 0.697. The van der Waals surface area contributed by atoms with Gasteiger partial charge in [0.05, 0.1) is 60.1 Å². The topological polar surface area (TPSA) is 126 Å². The van der Waals surface area contributed by atoms with Crippen molar-refractivity contribution in [3.63, 3.8) is 0 Å². The number of aliphatic imine (C=N–C) groups is 1. The predicted octanol–water partition coefficient (Wildman–Crippen LogP) is 6.53. The smallest absolute Gasteiger partial charge is 0.237 e. The number of hydrogen-bond acceptors (Lipinski definition) is 11. The van der Waals surface area contributed by atoms with Crippen LogP contribution in [0, 0.1) is 52.3 Å². The van der Waals surface area contributed by atoms with Crippen molar-refractivity contribution in [3.8, 4) is 6.07 Å². The first-order valence-electron chi connectivity index (χ1n) is 24.5. The second-order valence-electron chi connectivity index (χ2n) is 21.3. The third-order valence-electron chi connectivity index (χ3n) is 17.9. The highest BCUT2D eigenvalue weighted by atomic mass is 32.2. The van der Waals surface area contributed by atoms with Crippen molar-refractivity contribution < 1.29 is 18.7 Å². The van der Waals surface area contributed by atoms with Crippen molar-refractivity contribution in [1.82, 2.24) is 31.3 Å². The molecule has 8 fully saturated rings. The number of nitrogens with zero attached hydrogens (tertiary/aromatic N) is 4. The lowest BCUT2D eigenvalue weighted by atomic mass is 9.63. The Labute approximate surface area is 364 Å². The predicted molar refractivity (Wildman–Crippen MR) is 236 cm³/mol. The van der Waals surface area contributed by atoms with E-state index in [1.807, 2.05) is 0 Å². The lowest BCUT2D eigenvalue weighted by molar-refractivity contribution is -0.125. The zero-order valence-electron chi connectivity index (χ0n) is 37.3. The summed E-state index contributed by atoms with van der Waals surface area (Å²) < 4.78 is 28.6. The van der Waals surface area contributed by atoms with E-state index in [0.717, 1.165) is 83.7 Å². The molecular weight excluding hydrogens is 776 g/mol.